The molecule has 0 saturated carbocycles. The van der Waals surface area contributed by atoms with E-state index in [4.69, 9.17) is 4.84 Å². The van der Waals surface area contributed by atoms with Crippen LogP contribution in [0.1, 0.15) is 24.0 Å². The Hall–Kier alpha value is -1.27. The van der Waals surface area contributed by atoms with E-state index in [1.807, 2.05) is 0 Å². The van der Waals surface area contributed by atoms with E-state index < -0.39 is 11.7 Å². The van der Waals surface area contributed by atoms with E-state index in [-0.39, 0.29) is 19.0 Å². The lowest BCUT2D eigenvalue weighted by atomic mass is 10.1. The van der Waals surface area contributed by atoms with Gasteiger partial charge in [-0.3, -0.25) is 0 Å². The molecule has 0 amide bonds. The van der Waals surface area contributed by atoms with E-state index >= 15 is 0 Å². The van der Waals surface area contributed by atoms with E-state index in [1.54, 1.807) is 6.07 Å². The second-order valence-corrected chi connectivity index (χ2v) is 4.38. The number of hydrogen-bond acceptors (Lipinski definition) is 3. The highest BCUT2D eigenvalue weighted by Gasteiger charge is 2.30. The minimum absolute atomic E-state index is 0. The van der Waals surface area contributed by atoms with Gasteiger partial charge in [0.25, 0.3) is 0 Å². The minimum atomic E-state index is -4.32. The van der Waals surface area contributed by atoms with Crippen LogP contribution >= 0.6 is 12.4 Å². The number of piperidine rings is 1. The van der Waals surface area contributed by atoms with Crippen LogP contribution in [0.5, 0.6) is 0 Å². The summed E-state index contributed by atoms with van der Waals surface area (Å²) in [6, 6.07) is 5.10. The standard InChI is InChI=1S/C13H15F3N2O.ClH/c14-13(15,16)11-3-1-2-10(8-11)9-19-18-12-4-6-17-7-5-12;/h1-3,8,17H,4-7,9H2;1H. The van der Waals surface area contributed by atoms with Gasteiger partial charge in [0.05, 0.1) is 11.3 Å². The smallest absolute Gasteiger partial charge is 0.391 e. The summed E-state index contributed by atoms with van der Waals surface area (Å²) < 4.78 is 37.5. The lowest BCUT2D eigenvalue weighted by molar-refractivity contribution is -0.137. The Labute approximate surface area is 121 Å². The molecule has 7 heteroatoms. The maximum atomic E-state index is 12.5. The van der Waals surface area contributed by atoms with Crippen molar-refractivity contribution in [2.24, 2.45) is 5.16 Å². The van der Waals surface area contributed by atoms with Crippen molar-refractivity contribution in [1.82, 2.24) is 5.32 Å². The van der Waals surface area contributed by atoms with Crippen molar-refractivity contribution >= 4 is 18.1 Å². The summed E-state index contributed by atoms with van der Waals surface area (Å²) in [4.78, 5) is 5.12. The number of benzene rings is 1. The Bertz CT molecular complexity index is 455. The summed E-state index contributed by atoms with van der Waals surface area (Å²) >= 11 is 0. The Kier molecular flexibility index (Phi) is 6.29. The predicted molar refractivity (Wildman–Crippen MR) is 73.0 cm³/mol. The van der Waals surface area contributed by atoms with Crippen LogP contribution in [0.3, 0.4) is 0 Å². The predicted octanol–water partition coefficient (Wildman–Crippen LogP) is 3.38. The summed E-state index contributed by atoms with van der Waals surface area (Å²) in [5, 5.41) is 7.15. The molecule has 1 N–H and O–H groups in total. The molecule has 0 atom stereocenters. The molecule has 20 heavy (non-hydrogen) atoms. The van der Waals surface area contributed by atoms with Gasteiger partial charge in [0.2, 0.25) is 0 Å². The number of nitrogens with one attached hydrogen (secondary N) is 1. The average molecular weight is 309 g/mol. The first-order valence-electron chi connectivity index (χ1n) is 6.10. The van der Waals surface area contributed by atoms with Crippen molar-refractivity contribution in [1.29, 1.82) is 0 Å². The second-order valence-electron chi connectivity index (χ2n) is 4.38. The minimum Gasteiger partial charge on any atom is -0.391 e. The van der Waals surface area contributed by atoms with Crippen LogP contribution < -0.4 is 5.32 Å². The van der Waals surface area contributed by atoms with Gasteiger partial charge in [-0.05, 0) is 17.7 Å². The zero-order valence-electron chi connectivity index (χ0n) is 10.7. The number of hydrogen-bond donors (Lipinski definition) is 1. The third kappa shape index (κ3) is 5.02. The quantitative estimate of drug-likeness (QED) is 0.869. The number of alkyl halides is 3. The summed E-state index contributed by atoms with van der Waals surface area (Å²) in [7, 11) is 0. The van der Waals surface area contributed by atoms with Gasteiger partial charge >= 0.3 is 6.18 Å². The van der Waals surface area contributed by atoms with Gasteiger partial charge in [-0.2, -0.15) is 13.2 Å². The monoisotopic (exact) mass is 308 g/mol. The lowest BCUT2D eigenvalue weighted by Gasteiger charge is -2.13. The number of nitrogens with zero attached hydrogens (tertiary/aromatic N) is 1. The van der Waals surface area contributed by atoms with Gasteiger partial charge in [-0.15, -0.1) is 12.4 Å². The van der Waals surface area contributed by atoms with E-state index in [0.717, 1.165) is 43.8 Å². The third-order valence-corrected chi connectivity index (χ3v) is 2.86. The summed E-state index contributed by atoms with van der Waals surface area (Å²) in [5.41, 5.74) is 0.752. The molecule has 112 valence electrons. The molecule has 3 nitrogen and oxygen atoms in total. The third-order valence-electron chi connectivity index (χ3n) is 2.86. The second kappa shape index (κ2) is 7.50. The zero-order chi connectivity index (χ0) is 13.7. The molecule has 1 aromatic carbocycles. The van der Waals surface area contributed by atoms with Crippen LogP contribution in [0.25, 0.3) is 0 Å². The van der Waals surface area contributed by atoms with Gasteiger partial charge in [-0.25, -0.2) is 0 Å². The van der Waals surface area contributed by atoms with E-state index in [1.165, 1.54) is 6.07 Å². The highest BCUT2D eigenvalue weighted by Crippen LogP contribution is 2.29. The molecule has 0 bridgehead atoms. The first-order chi connectivity index (χ1) is 9.05. The Morgan fingerprint density at radius 1 is 1.20 bits per heavy atom. The molecule has 1 aliphatic heterocycles. The van der Waals surface area contributed by atoms with Crippen LogP contribution in [0, 0.1) is 0 Å². The Balaban J connectivity index is 0.00000200. The highest BCUT2D eigenvalue weighted by atomic mass is 35.5. The van der Waals surface area contributed by atoms with Gasteiger partial charge in [0, 0.05) is 25.9 Å². The van der Waals surface area contributed by atoms with Crippen molar-refractivity contribution in [2.75, 3.05) is 13.1 Å². The zero-order valence-corrected chi connectivity index (χ0v) is 11.6. The number of oxime groups is 1. The van der Waals surface area contributed by atoms with Crippen LogP contribution in [0.2, 0.25) is 0 Å². The van der Waals surface area contributed by atoms with E-state index in [9.17, 15) is 13.2 Å². The highest BCUT2D eigenvalue weighted by molar-refractivity contribution is 5.85. The molecule has 1 aromatic rings. The first kappa shape index (κ1) is 16.8. The van der Waals surface area contributed by atoms with E-state index in [0.29, 0.717) is 5.56 Å². The van der Waals surface area contributed by atoms with Gasteiger partial charge in [0.15, 0.2) is 0 Å². The normalized spacial score (nSPS) is 15.4. The molecule has 1 aliphatic rings. The number of rotatable bonds is 3. The SMILES string of the molecule is Cl.FC(F)(F)c1cccc(CON=C2CCNCC2)c1. The largest absolute Gasteiger partial charge is 0.416 e. The lowest BCUT2D eigenvalue weighted by Crippen LogP contribution is -2.27. The molecule has 0 aromatic heterocycles. The average Bonchev–Trinajstić information content (AvgIpc) is 2.39. The summed E-state index contributed by atoms with van der Waals surface area (Å²) in [6.07, 6.45) is -2.68. The fourth-order valence-corrected chi connectivity index (χ4v) is 1.84. The topological polar surface area (TPSA) is 33.6 Å². The number of halogens is 4. The molecule has 1 saturated heterocycles. The van der Waals surface area contributed by atoms with Crippen molar-refractivity contribution in [3.8, 4) is 0 Å². The van der Waals surface area contributed by atoms with Crippen LogP contribution in [-0.4, -0.2) is 18.8 Å². The fourth-order valence-electron chi connectivity index (χ4n) is 1.84. The maximum Gasteiger partial charge on any atom is 0.416 e. The van der Waals surface area contributed by atoms with Crippen molar-refractivity contribution in [3.05, 3.63) is 35.4 Å². The van der Waals surface area contributed by atoms with Crippen molar-refractivity contribution < 1.29 is 18.0 Å². The van der Waals surface area contributed by atoms with Crippen LogP contribution in [0.4, 0.5) is 13.2 Å². The Morgan fingerprint density at radius 2 is 1.90 bits per heavy atom. The maximum absolute atomic E-state index is 12.5. The van der Waals surface area contributed by atoms with Gasteiger partial charge in [0.1, 0.15) is 6.61 Å². The fraction of sp³-hybridized carbons (Fsp3) is 0.462. The van der Waals surface area contributed by atoms with E-state index in [2.05, 4.69) is 10.5 Å². The molecule has 0 radical (unpaired) electrons. The molecule has 0 aliphatic carbocycles. The molecule has 2 rings (SSSR count). The molecule has 0 unspecified atom stereocenters. The van der Waals surface area contributed by atoms with Gasteiger partial charge in [-0.1, -0.05) is 17.3 Å². The van der Waals surface area contributed by atoms with Crippen molar-refractivity contribution in [3.63, 3.8) is 0 Å². The summed E-state index contributed by atoms with van der Waals surface area (Å²) in [5.74, 6) is 0. The Morgan fingerprint density at radius 3 is 2.55 bits per heavy atom. The molecular formula is C13H16ClF3N2O. The molecule has 1 heterocycles. The van der Waals surface area contributed by atoms with Crippen molar-refractivity contribution in [2.45, 2.75) is 25.6 Å². The molecule has 1 fully saturated rings. The molecule has 0 spiro atoms. The first-order valence-corrected chi connectivity index (χ1v) is 6.10. The molecular weight excluding hydrogens is 293 g/mol. The van der Waals surface area contributed by atoms with Crippen LogP contribution in [-0.2, 0) is 17.6 Å². The van der Waals surface area contributed by atoms with Crippen LogP contribution in [0.15, 0.2) is 29.4 Å². The summed E-state index contributed by atoms with van der Waals surface area (Å²) in [6.45, 7) is 1.79. The van der Waals surface area contributed by atoms with Gasteiger partial charge < -0.3 is 10.2 Å².